The van der Waals surface area contributed by atoms with Crippen LogP contribution in [0.5, 0.6) is 0 Å². The van der Waals surface area contributed by atoms with E-state index in [1.807, 2.05) is 66.7 Å². The average Bonchev–Trinajstić information content (AvgIpc) is 2.65. The second-order valence-electron chi connectivity index (χ2n) is 4.40. The molecule has 2 rings (SSSR count). The molecule has 0 saturated carbocycles. The van der Waals surface area contributed by atoms with Crippen LogP contribution in [0.15, 0.2) is 67.8 Å². The Bertz CT molecular complexity index is 489. The van der Waals surface area contributed by atoms with Gasteiger partial charge in [-0.05, 0) is 16.7 Å². The number of hydrogen-bond acceptors (Lipinski definition) is 1. The third-order valence-corrected chi connectivity index (χ3v) is 2.71. The highest BCUT2D eigenvalue weighted by atomic mass is 35.5. The summed E-state index contributed by atoms with van der Waals surface area (Å²) in [6, 6.07) is 18.0. The van der Waals surface area contributed by atoms with E-state index in [2.05, 4.69) is 27.0 Å². The molecule has 0 aliphatic rings. The summed E-state index contributed by atoms with van der Waals surface area (Å²) in [5, 5.41) is 7.00. The molecule has 2 heteroatoms. The zero-order chi connectivity index (χ0) is 17.9. The predicted octanol–water partition coefficient (Wildman–Crippen LogP) is 6.42. The smallest absolute Gasteiger partial charge is 0.0474 e. The summed E-state index contributed by atoms with van der Waals surface area (Å²) in [7, 11) is 1.00. The first kappa shape index (κ1) is 23.4. The molecule has 2 aromatic rings. The largest absolute Gasteiger partial charge is 0.400 e. The van der Waals surface area contributed by atoms with Crippen molar-refractivity contribution >= 4 is 23.8 Å². The van der Waals surface area contributed by atoms with Crippen LogP contribution >= 0.6 is 11.6 Å². The van der Waals surface area contributed by atoms with Gasteiger partial charge in [-0.1, -0.05) is 100 Å². The van der Waals surface area contributed by atoms with E-state index in [4.69, 9.17) is 16.7 Å². The van der Waals surface area contributed by atoms with Gasteiger partial charge in [0.25, 0.3) is 0 Å². The molecule has 0 radical (unpaired) electrons. The molecule has 0 aliphatic carbocycles. The summed E-state index contributed by atoms with van der Waals surface area (Å²) in [4.78, 5) is 0. The number of aliphatic hydroxyl groups is 1. The van der Waals surface area contributed by atoms with Gasteiger partial charge in [0, 0.05) is 13.0 Å². The topological polar surface area (TPSA) is 20.2 Å². The third kappa shape index (κ3) is 13.5. The van der Waals surface area contributed by atoms with E-state index in [-0.39, 0.29) is 0 Å². The van der Waals surface area contributed by atoms with E-state index in [1.54, 1.807) is 0 Å². The van der Waals surface area contributed by atoms with Gasteiger partial charge in [-0.3, -0.25) is 0 Å². The Balaban J connectivity index is 0. The molecule has 1 nitrogen and oxygen atoms in total. The predicted molar refractivity (Wildman–Crippen MR) is 107 cm³/mol. The molecule has 0 atom stereocenters. The van der Waals surface area contributed by atoms with Gasteiger partial charge in [0.1, 0.15) is 0 Å². The summed E-state index contributed by atoms with van der Waals surface area (Å²) in [5.41, 5.74) is 3.45. The molecule has 23 heavy (non-hydrogen) atoms. The molecule has 1 N–H and O–H groups in total. The number of benzene rings is 2. The van der Waals surface area contributed by atoms with Crippen molar-refractivity contribution in [3.05, 3.63) is 84.4 Å². The lowest BCUT2D eigenvalue weighted by molar-refractivity contribution is 0.399. The van der Waals surface area contributed by atoms with Crippen molar-refractivity contribution in [1.29, 1.82) is 0 Å². The molecular weight excluding hydrogens is 304 g/mol. The van der Waals surface area contributed by atoms with Crippen molar-refractivity contribution in [3.8, 4) is 0 Å². The van der Waals surface area contributed by atoms with E-state index >= 15 is 0 Å². The number of aliphatic hydroxyl groups excluding tert-OH is 1. The number of hydrogen-bond donors (Lipinski definition) is 1. The highest BCUT2D eigenvalue weighted by Crippen LogP contribution is 2.06. The normalized spacial score (nSPS) is 8.04. The van der Waals surface area contributed by atoms with Gasteiger partial charge in [0.05, 0.1) is 0 Å². The zero-order valence-electron chi connectivity index (χ0n) is 14.5. The van der Waals surface area contributed by atoms with Crippen molar-refractivity contribution in [2.45, 2.75) is 26.1 Å². The molecule has 0 aliphatic heterocycles. The first-order chi connectivity index (χ1) is 11.2. The summed E-state index contributed by atoms with van der Waals surface area (Å²) < 4.78 is 0. The Labute approximate surface area is 147 Å². The van der Waals surface area contributed by atoms with Gasteiger partial charge in [-0.2, -0.15) is 0 Å². The standard InChI is InChI=1S/C9H9Cl.C8H8.C3H8.CH4O/c1-2-8-3-5-9(7-10)6-4-8;1-2-8-6-4-3-5-7-8;1-3-2;1-2/h2-6H,1,7H2;2-7H,1H2;3H2,1-2H3;2H,1H3. The van der Waals surface area contributed by atoms with Crippen LogP contribution in [0.4, 0.5) is 0 Å². The first-order valence-corrected chi connectivity index (χ1v) is 8.14. The quantitative estimate of drug-likeness (QED) is 0.643. The monoisotopic (exact) mass is 332 g/mol. The summed E-state index contributed by atoms with van der Waals surface area (Å²) in [5.74, 6) is 0.581. The number of halogens is 1. The van der Waals surface area contributed by atoms with Gasteiger partial charge in [-0.25, -0.2) is 0 Å². The fourth-order valence-corrected chi connectivity index (χ4v) is 1.51. The maximum atomic E-state index is 7.00. The van der Waals surface area contributed by atoms with Crippen LogP contribution in [0.1, 0.15) is 37.0 Å². The lowest BCUT2D eigenvalue weighted by atomic mass is 10.1. The van der Waals surface area contributed by atoms with E-state index < -0.39 is 0 Å². The van der Waals surface area contributed by atoms with Gasteiger partial charge in [-0.15, -0.1) is 11.6 Å². The highest BCUT2D eigenvalue weighted by molar-refractivity contribution is 6.17. The van der Waals surface area contributed by atoms with Crippen LogP contribution in [-0.2, 0) is 5.88 Å². The van der Waals surface area contributed by atoms with Crippen molar-refractivity contribution < 1.29 is 5.11 Å². The van der Waals surface area contributed by atoms with E-state index in [0.29, 0.717) is 5.88 Å². The molecule has 0 heterocycles. The molecule has 2 aromatic carbocycles. The number of alkyl halides is 1. The molecule has 0 spiro atoms. The molecule has 0 aromatic heterocycles. The maximum absolute atomic E-state index is 7.00. The Morgan fingerprint density at radius 1 is 0.826 bits per heavy atom. The molecule has 0 fully saturated rings. The van der Waals surface area contributed by atoms with Gasteiger partial charge in [0.2, 0.25) is 0 Å². The van der Waals surface area contributed by atoms with Crippen molar-refractivity contribution in [2.24, 2.45) is 0 Å². The minimum atomic E-state index is 0.581. The fourth-order valence-electron chi connectivity index (χ4n) is 1.33. The SMILES string of the molecule is C=Cc1ccc(CCl)cc1.C=Cc1ccccc1.CCC.CO. The van der Waals surface area contributed by atoms with E-state index in [0.717, 1.165) is 18.2 Å². The van der Waals surface area contributed by atoms with Crippen molar-refractivity contribution in [2.75, 3.05) is 7.11 Å². The molecule has 0 bridgehead atoms. The summed E-state index contributed by atoms with van der Waals surface area (Å²) in [6.07, 6.45) is 4.90. The summed E-state index contributed by atoms with van der Waals surface area (Å²) in [6.45, 7) is 11.5. The minimum Gasteiger partial charge on any atom is -0.400 e. The van der Waals surface area contributed by atoms with Crippen molar-refractivity contribution in [1.82, 2.24) is 0 Å². The van der Waals surface area contributed by atoms with E-state index in [1.165, 1.54) is 12.0 Å². The van der Waals surface area contributed by atoms with Crippen LogP contribution < -0.4 is 0 Å². The average molecular weight is 333 g/mol. The Morgan fingerprint density at radius 3 is 1.52 bits per heavy atom. The highest BCUT2D eigenvalue weighted by Gasteiger charge is 1.87. The Kier molecular flexibility index (Phi) is 18.6. The lowest BCUT2D eigenvalue weighted by Crippen LogP contribution is -1.76. The molecule has 0 saturated heterocycles. The van der Waals surface area contributed by atoms with Gasteiger partial charge in [0.15, 0.2) is 0 Å². The van der Waals surface area contributed by atoms with Crippen LogP contribution in [0.3, 0.4) is 0 Å². The van der Waals surface area contributed by atoms with Crippen molar-refractivity contribution in [3.63, 3.8) is 0 Å². The summed E-state index contributed by atoms with van der Waals surface area (Å²) >= 11 is 5.60. The third-order valence-electron chi connectivity index (χ3n) is 2.40. The second-order valence-corrected chi connectivity index (χ2v) is 4.67. The Morgan fingerprint density at radius 2 is 1.22 bits per heavy atom. The molecule has 126 valence electrons. The van der Waals surface area contributed by atoms with Crippen LogP contribution in [-0.4, -0.2) is 12.2 Å². The van der Waals surface area contributed by atoms with E-state index in [9.17, 15) is 0 Å². The maximum Gasteiger partial charge on any atom is 0.0474 e. The van der Waals surface area contributed by atoms with Crippen LogP contribution in [0, 0.1) is 0 Å². The minimum absolute atomic E-state index is 0.581. The molecule has 0 amide bonds. The van der Waals surface area contributed by atoms with Gasteiger partial charge >= 0.3 is 0 Å². The molecular formula is C21H29ClO. The van der Waals surface area contributed by atoms with Gasteiger partial charge < -0.3 is 5.11 Å². The van der Waals surface area contributed by atoms with Crippen LogP contribution in [0.25, 0.3) is 12.2 Å². The fraction of sp³-hybridized carbons (Fsp3) is 0.238. The Hall–Kier alpha value is -1.83. The van der Waals surface area contributed by atoms with Crippen LogP contribution in [0.2, 0.25) is 0 Å². The lowest BCUT2D eigenvalue weighted by Gasteiger charge is -1.94. The molecule has 0 unspecified atom stereocenters. The number of rotatable bonds is 3. The zero-order valence-corrected chi connectivity index (χ0v) is 15.3. The first-order valence-electron chi connectivity index (χ1n) is 7.61. The second kappa shape index (κ2) is 18.2.